The van der Waals surface area contributed by atoms with Crippen molar-refractivity contribution < 1.29 is 14.2 Å². The van der Waals surface area contributed by atoms with Gasteiger partial charge in [-0.05, 0) is 37.6 Å². The van der Waals surface area contributed by atoms with Gasteiger partial charge in [0.15, 0.2) is 17.1 Å². The van der Waals surface area contributed by atoms with Crippen molar-refractivity contribution in [3.63, 3.8) is 0 Å². The molecule has 0 bridgehead atoms. The summed E-state index contributed by atoms with van der Waals surface area (Å²) in [6.45, 7) is 5.97. The molecule has 1 aromatic carbocycles. The molecule has 5 rings (SSSR count). The molecule has 0 N–H and O–H groups in total. The van der Waals surface area contributed by atoms with Gasteiger partial charge in [-0.1, -0.05) is 0 Å². The molecule has 30 heavy (non-hydrogen) atoms. The van der Waals surface area contributed by atoms with E-state index in [9.17, 15) is 4.79 Å². The van der Waals surface area contributed by atoms with Crippen molar-refractivity contribution in [2.45, 2.75) is 38.8 Å². The van der Waals surface area contributed by atoms with Gasteiger partial charge in [-0.2, -0.15) is 9.61 Å². The van der Waals surface area contributed by atoms with Crippen molar-refractivity contribution in [3.05, 3.63) is 52.4 Å². The lowest BCUT2D eigenvalue weighted by Gasteiger charge is -2.38. The van der Waals surface area contributed by atoms with Crippen LogP contribution in [0.1, 0.15) is 25.3 Å². The Morgan fingerprint density at radius 3 is 2.80 bits per heavy atom. The number of anilines is 1. The predicted molar refractivity (Wildman–Crippen MR) is 112 cm³/mol. The zero-order valence-electron chi connectivity index (χ0n) is 17.1. The number of nitrogens with zero attached hydrogens (tertiary/aromatic N) is 4. The van der Waals surface area contributed by atoms with Crippen LogP contribution >= 0.6 is 0 Å². The molecule has 156 valence electrons. The summed E-state index contributed by atoms with van der Waals surface area (Å²) < 4.78 is 18.8. The van der Waals surface area contributed by atoms with Gasteiger partial charge in [0.1, 0.15) is 30.9 Å². The van der Waals surface area contributed by atoms with E-state index in [-0.39, 0.29) is 17.7 Å². The minimum Gasteiger partial charge on any atom is -0.490 e. The highest BCUT2D eigenvalue weighted by Gasteiger charge is 2.28. The Kier molecular flexibility index (Phi) is 4.69. The molecule has 0 radical (unpaired) electrons. The first-order chi connectivity index (χ1) is 14.6. The van der Waals surface area contributed by atoms with Crippen LogP contribution in [-0.2, 0) is 0 Å². The largest absolute Gasteiger partial charge is 0.490 e. The van der Waals surface area contributed by atoms with Crippen LogP contribution in [-0.4, -0.2) is 46.5 Å². The molecule has 0 spiro atoms. The van der Waals surface area contributed by atoms with E-state index >= 15 is 0 Å². The van der Waals surface area contributed by atoms with Crippen molar-refractivity contribution in [2.24, 2.45) is 0 Å². The number of benzene rings is 1. The molecule has 0 saturated carbocycles. The summed E-state index contributed by atoms with van der Waals surface area (Å²) in [5, 5.41) is 4.16. The number of aromatic nitrogens is 3. The first-order valence-corrected chi connectivity index (χ1v) is 10.3. The van der Waals surface area contributed by atoms with Crippen LogP contribution in [0.25, 0.3) is 5.65 Å². The number of hydrogen-bond donors (Lipinski definition) is 0. The minimum atomic E-state index is -0.170. The molecule has 2 aliphatic heterocycles. The lowest BCUT2D eigenvalue weighted by Crippen LogP contribution is -2.45. The van der Waals surface area contributed by atoms with E-state index in [1.165, 1.54) is 4.52 Å². The number of rotatable bonds is 3. The molecule has 2 aromatic heterocycles. The van der Waals surface area contributed by atoms with Crippen molar-refractivity contribution in [1.29, 1.82) is 0 Å². The highest BCUT2D eigenvalue weighted by molar-refractivity contribution is 5.49. The second-order valence-electron chi connectivity index (χ2n) is 7.87. The fourth-order valence-electron chi connectivity index (χ4n) is 4.09. The Morgan fingerprint density at radius 1 is 1.13 bits per heavy atom. The van der Waals surface area contributed by atoms with Gasteiger partial charge in [-0.25, -0.2) is 4.98 Å². The topological polar surface area (TPSA) is 78.2 Å². The van der Waals surface area contributed by atoms with Crippen molar-refractivity contribution in [2.75, 3.05) is 24.7 Å². The van der Waals surface area contributed by atoms with Crippen LogP contribution in [0.4, 0.5) is 5.82 Å². The van der Waals surface area contributed by atoms with Gasteiger partial charge in [0.2, 0.25) is 0 Å². The zero-order valence-corrected chi connectivity index (χ0v) is 17.1. The Morgan fingerprint density at radius 2 is 1.97 bits per heavy atom. The van der Waals surface area contributed by atoms with E-state index in [2.05, 4.69) is 21.9 Å². The maximum Gasteiger partial charge on any atom is 0.276 e. The number of ether oxygens (including phenoxy) is 3. The second-order valence-corrected chi connectivity index (χ2v) is 7.87. The molecule has 2 aliphatic rings. The Balaban J connectivity index is 1.31. The highest BCUT2D eigenvalue weighted by Crippen LogP contribution is 2.35. The van der Waals surface area contributed by atoms with Gasteiger partial charge < -0.3 is 19.1 Å². The smallest absolute Gasteiger partial charge is 0.276 e. The van der Waals surface area contributed by atoms with Crippen LogP contribution in [0.5, 0.6) is 17.2 Å². The first-order valence-electron chi connectivity index (χ1n) is 10.3. The molecule has 4 heterocycles. The minimum absolute atomic E-state index is 0.0873. The van der Waals surface area contributed by atoms with Gasteiger partial charge >= 0.3 is 0 Å². The Labute approximate surface area is 174 Å². The first kappa shape index (κ1) is 18.7. The summed E-state index contributed by atoms with van der Waals surface area (Å²) in [5.74, 6) is 2.97. The summed E-state index contributed by atoms with van der Waals surface area (Å²) in [7, 11) is 0. The molecule has 8 nitrogen and oxygen atoms in total. The molecular weight excluding hydrogens is 384 g/mol. The molecule has 3 aromatic rings. The summed E-state index contributed by atoms with van der Waals surface area (Å²) in [4.78, 5) is 19.3. The maximum atomic E-state index is 12.5. The summed E-state index contributed by atoms with van der Waals surface area (Å²) in [6.07, 6.45) is 3.43. The number of piperidine rings is 1. The monoisotopic (exact) mass is 408 g/mol. The van der Waals surface area contributed by atoms with Crippen LogP contribution in [0.3, 0.4) is 0 Å². The van der Waals surface area contributed by atoms with E-state index in [0.717, 1.165) is 42.2 Å². The third-order valence-corrected chi connectivity index (χ3v) is 5.58. The van der Waals surface area contributed by atoms with Gasteiger partial charge in [-0.15, -0.1) is 0 Å². The van der Waals surface area contributed by atoms with Gasteiger partial charge in [-0.3, -0.25) is 4.79 Å². The maximum absolute atomic E-state index is 12.5. The van der Waals surface area contributed by atoms with Crippen molar-refractivity contribution in [3.8, 4) is 17.2 Å². The fourth-order valence-corrected chi connectivity index (χ4v) is 4.09. The normalized spacial score (nSPS) is 20.9. The van der Waals surface area contributed by atoms with Crippen LogP contribution < -0.4 is 24.7 Å². The van der Waals surface area contributed by atoms with Crippen LogP contribution in [0.2, 0.25) is 0 Å². The van der Waals surface area contributed by atoms with E-state index < -0.39 is 0 Å². The number of fused-ring (bicyclic) bond motifs is 2. The van der Waals surface area contributed by atoms with Gasteiger partial charge in [0, 0.05) is 37.6 Å². The molecule has 8 heteroatoms. The van der Waals surface area contributed by atoms with Gasteiger partial charge in [0.25, 0.3) is 5.56 Å². The van der Waals surface area contributed by atoms with E-state index in [1.807, 2.05) is 31.2 Å². The quantitative estimate of drug-likeness (QED) is 0.659. The number of aryl methyl sites for hydroxylation is 1. The molecule has 0 unspecified atom stereocenters. The van der Waals surface area contributed by atoms with Crippen LogP contribution in [0.15, 0.2) is 41.3 Å². The fraction of sp³-hybridized carbons (Fsp3) is 0.409. The molecule has 1 fully saturated rings. The molecule has 0 amide bonds. The Bertz CT molecular complexity index is 1150. The number of hydrogen-bond acceptors (Lipinski definition) is 7. The third-order valence-electron chi connectivity index (χ3n) is 5.58. The second kappa shape index (κ2) is 7.51. The Hall–Kier alpha value is -3.29. The molecule has 0 aliphatic carbocycles. The predicted octanol–water partition coefficient (Wildman–Crippen LogP) is 2.61. The lowest BCUT2D eigenvalue weighted by atomic mass is 10.0. The van der Waals surface area contributed by atoms with Crippen molar-refractivity contribution >= 4 is 11.5 Å². The van der Waals surface area contributed by atoms with Gasteiger partial charge in [0.05, 0.1) is 6.20 Å². The van der Waals surface area contributed by atoms with E-state index in [4.69, 9.17) is 14.2 Å². The molecule has 2 atom stereocenters. The zero-order chi connectivity index (χ0) is 20.7. The lowest BCUT2D eigenvalue weighted by molar-refractivity contribution is 0.149. The summed E-state index contributed by atoms with van der Waals surface area (Å²) >= 11 is 0. The van der Waals surface area contributed by atoms with E-state index in [1.54, 1.807) is 12.3 Å². The molecule has 1 saturated heterocycles. The standard InChI is InChI=1S/C22H24N4O4/c1-14-9-21-24-20(12-22(27)26(21)23-13-14)25-6-5-17(10-15(25)2)30-16-3-4-18-19(11-16)29-8-7-28-18/h3-4,9,11-13,15,17H,5-8,10H2,1-2H3/t15-,17+/m1/s1. The SMILES string of the molecule is Cc1cnn2c(=O)cc(N3CC[C@H](Oc4ccc5c(c4)OCCO5)C[C@H]3C)nc2c1. The molecular formula is C22H24N4O4. The summed E-state index contributed by atoms with van der Waals surface area (Å²) in [5.41, 5.74) is 1.37. The third kappa shape index (κ3) is 3.53. The summed E-state index contributed by atoms with van der Waals surface area (Å²) in [6, 6.07) is 9.34. The average Bonchev–Trinajstić information content (AvgIpc) is 2.73. The van der Waals surface area contributed by atoms with Crippen LogP contribution in [0, 0.1) is 6.92 Å². The van der Waals surface area contributed by atoms with E-state index in [0.29, 0.717) is 24.7 Å². The van der Waals surface area contributed by atoms with Crippen molar-refractivity contribution in [1.82, 2.24) is 14.6 Å². The highest BCUT2D eigenvalue weighted by atomic mass is 16.6. The average molecular weight is 408 g/mol.